The largest absolute Gasteiger partial charge is 0.497 e. The molecule has 2 aromatic heterocycles. The van der Waals surface area contributed by atoms with E-state index in [9.17, 15) is 0 Å². The highest BCUT2D eigenvalue weighted by molar-refractivity contribution is 7.15. The Balaban J connectivity index is 1.74. The minimum Gasteiger partial charge on any atom is -0.497 e. The van der Waals surface area contributed by atoms with Crippen molar-refractivity contribution < 1.29 is 4.74 Å². The van der Waals surface area contributed by atoms with Crippen LogP contribution in [0.1, 0.15) is 29.1 Å². The van der Waals surface area contributed by atoms with Crippen LogP contribution in [0.3, 0.4) is 0 Å². The fraction of sp³-hybridized carbons (Fsp3) is 0.278. The first-order valence-corrected chi connectivity index (χ1v) is 8.46. The molecule has 0 bridgehead atoms. The molecule has 0 saturated heterocycles. The van der Waals surface area contributed by atoms with Gasteiger partial charge in [0.05, 0.1) is 12.8 Å². The van der Waals surface area contributed by atoms with Crippen molar-refractivity contribution >= 4 is 11.3 Å². The fourth-order valence-corrected chi connectivity index (χ4v) is 3.60. The summed E-state index contributed by atoms with van der Waals surface area (Å²) in [5.74, 6) is 0.865. The predicted molar refractivity (Wildman–Crippen MR) is 94.9 cm³/mol. The van der Waals surface area contributed by atoms with E-state index in [-0.39, 0.29) is 6.04 Å². The van der Waals surface area contributed by atoms with Crippen LogP contribution in [0.5, 0.6) is 5.75 Å². The second kappa shape index (κ2) is 6.98. The molecule has 0 unspecified atom stereocenters. The molecule has 23 heavy (non-hydrogen) atoms. The summed E-state index contributed by atoms with van der Waals surface area (Å²) in [5.41, 5.74) is 3.48. The van der Waals surface area contributed by atoms with Crippen molar-refractivity contribution in [1.29, 1.82) is 0 Å². The normalized spacial score (nSPS) is 12.3. The number of ether oxygens (including phenoxy) is 1. The highest BCUT2D eigenvalue weighted by atomic mass is 32.1. The molecule has 0 aliphatic heterocycles. The van der Waals surface area contributed by atoms with Gasteiger partial charge in [0.15, 0.2) is 0 Å². The topological polar surface area (TPSA) is 49.9 Å². The third-order valence-electron chi connectivity index (χ3n) is 3.84. The zero-order chi connectivity index (χ0) is 16.2. The molecule has 3 aromatic rings. The Bertz CT molecular complexity index is 747. The number of hydrogen-bond donors (Lipinski definition) is 2. The number of aromatic amines is 1. The van der Waals surface area contributed by atoms with Gasteiger partial charge in [-0.1, -0.05) is 0 Å². The first kappa shape index (κ1) is 15.8. The van der Waals surface area contributed by atoms with Gasteiger partial charge in [-0.05, 0) is 49.7 Å². The van der Waals surface area contributed by atoms with E-state index in [4.69, 9.17) is 9.72 Å². The summed E-state index contributed by atoms with van der Waals surface area (Å²) in [6.07, 6.45) is 3.96. The molecule has 5 heteroatoms. The van der Waals surface area contributed by atoms with Gasteiger partial charge in [0.25, 0.3) is 0 Å². The van der Waals surface area contributed by atoms with E-state index in [0.717, 1.165) is 28.6 Å². The minimum absolute atomic E-state index is 0.273. The fourth-order valence-electron chi connectivity index (χ4n) is 2.50. The van der Waals surface area contributed by atoms with Gasteiger partial charge in [-0.2, -0.15) is 0 Å². The number of hydrogen-bond acceptors (Lipinski definition) is 4. The molecule has 4 nitrogen and oxygen atoms in total. The molecule has 0 aliphatic rings. The van der Waals surface area contributed by atoms with Crippen LogP contribution in [0.4, 0.5) is 0 Å². The SMILES string of the molecule is COc1ccc(-c2nc(C)c([C@@H](C)NCc3cc[nH]c3)s2)cc1. The Kier molecular flexibility index (Phi) is 4.79. The lowest BCUT2D eigenvalue weighted by Gasteiger charge is -2.11. The molecule has 2 heterocycles. The van der Waals surface area contributed by atoms with Crippen LogP contribution in [0, 0.1) is 6.92 Å². The van der Waals surface area contributed by atoms with E-state index in [1.54, 1.807) is 18.4 Å². The highest BCUT2D eigenvalue weighted by Crippen LogP contribution is 2.32. The molecule has 2 N–H and O–H groups in total. The van der Waals surface area contributed by atoms with Crippen LogP contribution < -0.4 is 10.1 Å². The summed E-state index contributed by atoms with van der Waals surface area (Å²) >= 11 is 1.75. The van der Waals surface area contributed by atoms with Crippen LogP contribution in [-0.2, 0) is 6.54 Å². The van der Waals surface area contributed by atoms with Gasteiger partial charge in [0.1, 0.15) is 10.8 Å². The number of nitrogens with one attached hydrogen (secondary N) is 2. The summed E-state index contributed by atoms with van der Waals surface area (Å²) in [4.78, 5) is 9.10. The number of benzene rings is 1. The maximum Gasteiger partial charge on any atom is 0.123 e. The zero-order valence-electron chi connectivity index (χ0n) is 13.6. The van der Waals surface area contributed by atoms with Crippen LogP contribution in [0.25, 0.3) is 10.6 Å². The van der Waals surface area contributed by atoms with Gasteiger partial charge in [-0.3, -0.25) is 0 Å². The van der Waals surface area contributed by atoms with Crippen molar-refractivity contribution in [2.24, 2.45) is 0 Å². The quantitative estimate of drug-likeness (QED) is 0.709. The van der Waals surface area contributed by atoms with Crippen molar-refractivity contribution in [1.82, 2.24) is 15.3 Å². The average Bonchev–Trinajstić information content (AvgIpc) is 3.22. The molecule has 0 aliphatic carbocycles. The summed E-state index contributed by atoms with van der Waals surface area (Å²) in [6, 6.07) is 10.4. The molecule has 120 valence electrons. The molecule has 0 amide bonds. The highest BCUT2D eigenvalue weighted by Gasteiger charge is 2.15. The summed E-state index contributed by atoms with van der Waals surface area (Å²) in [5, 5.41) is 4.61. The molecule has 0 spiro atoms. The Morgan fingerprint density at radius 3 is 2.70 bits per heavy atom. The van der Waals surface area contributed by atoms with E-state index in [0.29, 0.717) is 0 Å². The minimum atomic E-state index is 0.273. The van der Waals surface area contributed by atoms with E-state index < -0.39 is 0 Å². The molecular weight excluding hydrogens is 306 g/mol. The lowest BCUT2D eigenvalue weighted by atomic mass is 10.2. The molecule has 1 aromatic carbocycles. The molecule has 0 saturated carbocycles. The lowest BCUT2D eigenvalue weighted by molar-refractivity contribution is 0.415. The van der Waals surface area contributed by atoms with Gasteiger partial charge in [-0.15, -0.1) is 11.3 Å². The Morgan fingerprint density at radius 2 is 2.04 bits per heavy atom. The number of nitrogens with zero attached hydrogens (tertiary/aromatic N) is 1. The molecule has 0 radical (unpaired) electrons. The van der Waals surface area contributed by atoms with E-state index in [2.05, 4.69) is 42.3 Å². The Hall–Kier alpha value is -2.11. The van der Waals surface area contributed by atoms with E-state index >= 15 is 0 Å². The third-order valence-corrected chi connectivity index (χ3v) is 5.23. The average molecular weight is 327 g/mol. The first-order valence-electron chi connectivity index (χ1n) is 7.64. The van der Waals surface area contributed by atoms with Crippen LogP contribution in [0.15, 0.2) is 42.7 Å². The van der Waals surface area contributed by atoms with Crippen molar-refractivity contribution in [3.05, 3.63) is 58.9 Å². The first-order chi connectivity index (χ1) is 11.2. The second-order valence-electron chi connectivity index (χ2n) is 5.52. The van der Waals surface area contributed by atoms with Gasteiger partial charge in [0.2, 0.25) is 0 Å². The van der Waals surface area contributed by atoms with E-state index in [1.807, 2.05) is 24.5 Å². The number of aryl methyl sites for hydroxylation is 1. The van der Waals surface area contributed by atoms with Crippen molar-refractivity contribution in [2.75, 3.05) is 7.11 Å². The second-order valence-corrected chi connectivity index (χ2v) is 6.55. The Morgan fingerprint density at radius 1 is 1.26 bits per heavy atom. The van der Waals surface area contributed by atoms with Gasteiger partial charge >= 0.3 is 0 Å². The Labute approximate surface area is 140 Å². The standard InChI is InChI=1S/C18H21N3OS/c1-12(20-11-14-8-9-19-10-14)17-13(2)21-18(23-17)15-4-6-16(22-3)7-5-15/h4-10,12,19-20H,11H2,1-3H3/t12-/m1/s1. The van der Waals surface area contributed by atoms with Crippen molar-refractivity contribution in [3.63, 3.8) is 0 Å². The monoisotopic (exact) mass is 327 g/mol. The van der Waals surface area contributed by atoms with E-state index in [1.165, 1.54) is 10.4 Å². The number of aromatic nitrogens is 2. The van der Waals surface area contributed by atoms with Crippen LogP contribution >= 0.6 is 11.3 Å². The summed E-state index contributed by atoms with van der Waals surface area (Å²) in [7, 11) is 1.68. The number of methoxy groups -OCH3 is 1. The zero-order valence-corrected chi connectivity index (χ0v) is 14.4. The lowest BCUT2D eigenvalue weighted by Crippen LogP contribution is -2.17. The maximum absolute atomic E-state index is 5.21. The smallest absolute Gasteiger partial charge is 0.123 e. The third kappa shape index (κ3) is 3.63. The molecule has 0 fully saturated rings. The predicted octanol–water partition coefficient (Wildman–Crippen LogP) is 4.31. The van der Waals surface area contributed by atoms with Crippen LogP contribution in [-0.4, -0.2) is 17.1 Å². The molecular formula is C18H21N3OS. The van der Waals surface area contributed by atoms with Crippen molar-refractivity contribution in [2.45, 2.75) is 26.4 Å². The summed E-state index contributed by atoms with van der Waals surface area (Å²) in [6.45, 7) is 5.11. The number of H-pyrrole nitrogens is 1. The number of thiazole rings is 1. The maximum atomic E-state index is 5.21. The number of rotatable bonds is 6. The van der Waals surface area contributed by atoms with Gasteiger partial charge in [-0.25, -0.2) is 4.98 Å². The molecule has 3 rings (SSSR count). The van der Waals surface area contributed by atoms with Crippen LogP contribution in [0.2, 0.25) is 0 Å². The van der Waals surface area contributed by atoms with Gasteiger partial charge < -0.3 is 15.0 Å². The molecule has 1 atom stereocenters. The summed E-state index contributed by atoms with van der Waals surface area (Å²) < 4.78 is 5.21. The van der Waals surface area contributed by atoms with Gasteiger partial charge in [0, 0.05) is 35.4 Å². The van der Waals surface area contributed by atoms with Crippen molar-refractivity contribution in [3.8, 4) is 16.3 Å².